The van der Waals surface area contributed by atoms with Gasteiger partial charge in [-0.15, -0.1) is 11.3 Å². The van der Waals surface area contributed by atoms with Crippen molar-refractivity contribution in [3.8, 4) is 22.6 Å². The van der Waals surface area contributed by atoms with E-state index in [1.807, 2.05) is 23.5 Å². The van der Waals surface area contributed by atoms with E-state index in [4.69, 9.17) is 9.40 Å². The van der Waals surface area contributed by atoms with E-state index in [2.05, 4.69) is 79.7 Å². The van der Waals surface area contributed by atoms with Gasteiger partial charge in [-0.3, -0.25) is 0 Å². The maximum Gasteiger partial charge on any atom is 0.227 e. The number of oxazole rings is 1. The third-order valence-electron chi connectivity index (χ3n) is 5.47. The number of fused-ring (bicyclic) bond motifs is 4. The first kappa shape index (κ1) is 16.5. The number of nitrogens with zero attached hydrogens (tertiary/aromatic N) is 1. The highest BCUT2D eigenvalue weighted by molar-refractivity contribution is 7.26. The quantitative estimate of drug-likeness (QED) is 0.300. The van der Waals surface area contributed by atoms with Gasteiger partial charge in [0.05, 0.1) is 0 Å². The van der Waals surface area contributed by atoms with E-state index in [1.54, 1.807) is 0 Å². The average Bonchev–Trinajstić information content (AvgIpc) is 3.36. The summed E-state index contributed by atoms with van der Waals surface area (Å²) in [6.45, 7) is 2.06. The lowest BCUT2D eigenvalue weighted by Crippen LogP contribution is -1.81. The second-order valence-corrected chi connectivity index (χ2v) is 8.35. The number of aryl methyl sites for hydroxylation is 1. The van der Waals surface area contributed by atoms with E-state index in [0.717, 1.165) is 22.2 Å². The molecule has 2 nitrogen and oxygen atoms in total. The molecule has 138 valence electrons. The van der Waals surface area contributed by atoms with Crippen LogP contribution in [0.1, 0.15) is 5.56 Å². The lowest BCUT2D eigenvalue weighted by atomic mass is 10.0. The molecule has 0 radical (unpaired) electrons. The summed E-state index contributed by atoms with van der Waals surface area (Å²) >= 11 is 1.86. The molecule has 4 aromatic carbocycles. The molecule has 0 saturated carbocycles. The van der Waals surface area contributed by atoms with Gasteiger partial charge in [0.1, 0.15) is 5.52 Å². The van der Waals surface area contributed by atoms with Gasteiger partial charge in [0, 0.05) is 25.7 Å². The van der Waals surface area contributed by atoms with E-state index in [1.165, 1.54) is 31.3 Å². The van der Waals surface area contributed by atoms with Crippen molar-refractivity contribution in [3.63, 3.8) is 0 Å². The van der Waals surface area contributed by atoms with Gasteiger partial charge in [-0.05, 0) is 47.9 Å². The van der Waals surface area contributed by atoms with Gasteiger partial charge in [-0.25, -0.2) is 4.98 Å². The maximum atomic E-state index is 5.98. The first-order chi connectivity index (χ1) is 14.3. The molecule has 2 aromatic heterocycles. The molecule has 0 spiro atoms. The summed E-state index contributed by atoms with van der Waals surface area (Å²) in [6.07, 6.45) is 0. The van der Waals surface area contributed by atoms with Crippen LogP contribution < -0.4 is 0 Å². The number of thiophene rings is 1. The molecule has 0 unspecified atom stereocenters. The van der Waals surface area contributed by atoms with E-state index in [0.29, 0.717) is 5.89 Å². The van der Waals surface area contributed by atoms with Crippen LogP contribution in [0.25, 0.3) is 53.9 Å². The van der Waals surface area contributed by atoms with Crippen molar-refractivity contribution in [2.24, 2.45) is 0 Å². The standard InChI is InChI=1S/C26H17NOS/c1-16-6-4-10-22-24(16)27-26(28-22)18-14-12-17(13-15-18)19-8-5-9-21-20-7-2-3-11-23(20)29-25(19)21/h2-15H,1H3. The summed E-state index contributed by atoms with van der Waals surface area (Å²) in [5.74, 6) is 0.668. The Morgan fingerprint density at radius 2 is 1.48 bits per heavy atom. The van der Waals surface area contributed by atoms with Crippen molar-refractivity contribution in [1.82, 2.24) is 4.98 Å². The topological polar surface area (TPSA) is 26.0 Å². The molecule has 0 fully saturated rings. The molecule has 0 bridgehead atoms. The summed E-state index contributed by atoms with van der Waals surface area (Å²) in [4.78, 5) is 4.70. The van der Waals surface area contributed by atoms with Gasteiger partial charge in [0.2, 0.25) is 5.89 Å². The number of aromatic nitrogens is 1. The molecule has 29 heavy (non-hydrogen) atoms. The van der Waals surface area contributed by atoms with Crippen LogP contribution in [0.3, 0.4) is 0 Å². The van der Waals surface area contributed by atoms with Crippen molar-refractivity contribution >= 4 is 42.6 Å². The molecule has 0 aliphatic carbocycles. The van der Waals surface area contributed by atoms with Gasteiger partial charge in [0.25, 0.3) is 0 Å². The van der Waals surface area contributed by atoms with E-state index in [-0.39, 0.29) is 0 Å². The Labute approximate surface area is 172 Å². The summed E-state index contributed by atoms with van der Waals surface area (Å²) in [5, 5.41) is 2.65. The minimum atomic E-state index is 0.668. The molecule has 0 aliphatic heterocycles. The van der Waals surface area contributed by atoms with Crippen LogP contribution in [0.15, 0.2) is 89.3 Å². The second-order valence-electron chi connectivity index (χ2n) is 7.30. The Bertz CT molecular complexity index is 1510. The summed E-state index contributed by atoms with van der Waals surface area (Å²) in [7, 11) is 0. The largest absolute Gasteiger partial charge is 0.436 e. The molecule has 0 saturated heterocycles. The summed E-state index contributed by atoms with van der Waals surface area (Å²) in [5.41, 5.74) is 6.36. The molecular weight excluding hydrogens is 374 g/mol. The minimum Gasteiger partial charge on any atom is -0.436 e. The fraction of sp³-hybridized carbons (Fsp3) is 0.0385. The second kappa shape index (κ2) is 6.29. The fourth-order valence-corrected chi connectivity index (χ4v) is 5.21. The zero-order valence-electron chi connectivity index (χ0n) is 15.8. The Hall–Kier alpha value is -3.43. The van der Waals surface area contributed by atoms with Crippen molar-refractivity contribution in [2.75, 3.05) is 0 Å². The Morgan fingerprint density at radius 3 is 2.34 bits per heavy atom. The van der Waals surface area contributed by atoms with Crippen LogP contribution in [-0.2, 0) is 0 Å². The first-order valence-electron chi connectivity index (χ1n) is 9.65. The van der Waals surface area contributed by atoms with Crippen molar-refractivity contribution in [2.45, 2.75) is 6.92 Å². The summed E-state index contributed by atoms with van der Waals surface area (Å²) in [6, 6.07) is 29.7. The number of para-hydroxylation sites is 1. The molecule has 3 heteroatoms. The number of hydrogen-bond acceptors (Lipinski definition) is 3. The Balaban J connectivity index is 1.46. The molecule has 0 atom stereocenters. The predicted molar refractivity (Wildman–Crippen MR) is 123 cm³/mol. The third-order valence-corrected chi connectivity index (χ3v) is 6.69. The third kappa shape index (κ3) is 2.59. The van der Waals surface area contributed by atoms with Gasteiger partial charge in [-0.1, -0.05) is 60.7 Å². The Morgan fingerprint density at radius 1 is 0.724 bits per heavy atom. The molecule has 6 aromatic rings. The SMILES string of the molecule is Cc1cccc2oc(-c3ccc(-c4cccc5c4sc4ccccc45)cc3)nc12. The zero-order chi connectivity index (χ0) is 19.4. The zero-order valence-corrected chi connectivity index (χ0v) is 16.7. The highest BCUT2D eigenvalue weighted by atomic mass is 32.1. The maximum absolute atomic E-state index is 5.98. The molecule has 6 rings (SSSR count). The molecule has 0 N–H and O–H groups in total. The lowest BCUT2D eigenvalue weighted by molar-refractivity contribution is 0.620. The van der Waals surface area contributed by atoms with Crippen molar-refractivity contribution < 1.29 is 4.42 Å². The predicted octanol–water partition coefficient (Wildman–Crippen LogP) is 7.84. The highest BCUT2D eigenvalue weighted by Gasteiger charge is 2.12. The first-order valence-corrected chi connectivity index (χ1v) is 10.5. The van der Waals surface area contributed by atoms with Crippen LogP contribution in [0, 0.1) is 6.92 Å². The molecule has 2 heterocycles. The van der Waals surface area contributed by atoms with Gasteiger partial charge in [0.15, 0.2) is 5.58 Å². The Kier molecular flexibility index (Phi) is 3.58. The molecular formula is C26H17NOS. The number of rotatable bonds is 2. The van der Waals surface area contributed by atoms with Crippen molar-refractivity contribution in [3.05, 3.63) is 90.5 Å². The normalized spacial score (nSPS) is 11.6. The highest BCUT2D eigenvalue weighted by Crippen LogP contribution is 2.40. The molecule has 0 aliphatic rings. The van der Waals surface area contributed by atoms with Crippen LogP contribution in [0.2, 0.25) is 0 Å². The number of hydrogen-bond donors (Lipinski definition) is 0. The van der Waals surface area contributed by atoms with E-state index < -0.39 is 0 Å². The lowest BCUT2D eigenvalue weighted by Gasteiger charge is -2.04. The summed E-state index contributed by atoms with van der Waals surface area (Å²) < 4.78 is 8.64. The molecule has 0 amide bonds. The van der Waals surface area contributed by atoms with Crippen LogP contribution >= 0.6 is 11.3 Å². The van der Waals surface area contributed by atoms with Gasteiger partial charge < -0.3 is 4.42 Å². The van der Waals surface area contributed by atoms with Crippen LogP contribution in [-0.4, -0.2) is 4.98 Å². The smallest absolute Gasteiger partial charge is 0.227 e. The van der Waals surface area contributed by atoms with Crippen LogP contribution in [0.4, 0.5) is 0 Å². The minimum absolute atomic E-state index is 0.668. The van der Waals surface area contributed by atoms with Crippen LogP contribution in [0.5, 0.6) is 0 Å². The van der Waals surface area contributed by atoms with Crippen molar-refractivity contribution in [1.29, 1.82) is 0 Å². The van der Waals surface area contributed by atoms with E-state index >= 15 is 0 Å². The van der Waals surface area contributed by atoms with Gasteiger partial charge >= 0.3 is 0 Å². The number of benzene rings is 4. The van der Waals surface area contributed by atoms with Gasteiger partial charge in [-0.2, -0.15) is 0 Å². The fourth-order valence-electron chi connectivity index (χ4n) is 3.98. The van der Waals surface area contributed by atoms with E-state index in [9.17, 15) is 0 Å². The average molecular weight is 391 g/mol. The monoisotopic (exact) mass is 391 g/mol.